The molecule has 1 heterocycles. The molecule has 1 aromatic heterocycles. The van der Waals surface area contributed by atoms with E-state index < -0.39 is 0 Å². The van der Waals surface area contributed by atoms with E-state index in [2.05, 4.69) is 18.9 Å². The van der Waals surface area contributed by atoms with E-state index in [9.17, 15) is 0 Å². The van der Waals surface area contributed by atoms with Gasteiger partial charge in [-0.15, -0.1) is 0 Å². The molecule has 0 aliphatic carbocycles. The van der Waals surface area contributed by atoms with Crippen molar-refractivity contribution in [2.45, 2.75) is 33.7 Å². The minimum Gasteiger partial charge on any atom is -0.478 e. The molecule has 3 nitrogen and oxygen atoms in total. The highest BCUT2D eigenvalue weighted by atomic mass is 16.5. The van der Waals surface area contributed by atoms with Gasteiger partial charge in [0.1, 0.15) is 0 Å². The Morgan fingerprint density at radius 2 is 2.17 bits per heavy atom. The van der Waals surface area contributed by atoms with Crippen LogP contribution in [-0.4, -0.2) is 16.4 Å². The molecule has 0 aliphatic heterocycles. The van der Waals surface area contributed by atoms with Crippen LogP contribution in [0.4, 0.5) is 0 Å². The van der Waals surface area contributed by atoms with E-state index in [4.69, 9.17) is 4.74 Å². The number of aryl methyl sites for hydroxylation is 2. The van der Waals surface area contributed by atoms with Crippen molar-refractivity contribution in [3.63, 3.8) is 0 Å². The Morgan fingerprint density at radius 1 is 1.42 bits per heavy atom. The van der Waals surface area contributed by atoms with Gasteiger partial charge in [-0.2, -0.15) is 5.10 Å². The highest BCUT2D eigenvalue weighted by molar-refractivity contribution is 5.23. The fraction of sp³-hybridized carbons (Fsp3) is 0.667. The van der Waals surface area contributed by atoms with Crippen molar-refractivity contribution < 1.29 is 4.74 Å². The molecule has 0 atom stereocenters. The van der Waals surface area contributed by atoms with E-state index in [1.165, 1.54) is 5.56 Å². The van der Waals surface area contributed by atoms with E-state index in [-0.39, 0.29) is 0 Å². The van der Waals surface area contributed by atoms with Crippen LogP contribution >= 0.6 is 0 Å². The molecule has 0 fully saturated rings. The normalized spacial score (nSPS) is 10.2. The van der Waals surface area contributed by atoms with Crippen molar-refractivity contribution in [3.8, 4) is 5.88 Å². The Balaban J connectivity index is 2.90. The van der Waals surface area contributed by atoms with Crippen molar-refractivity contribution in [1.82, 2.24) is 9.78 Å². The summed E-state index contributed by atoms with van der Waals surface area (Å²) in [7, 11) is 0. The first-order chi connectivity index (χ1) is 5.83. The first-order valence-corrected chi connectivity index (χ1v) is 4.50. The summed E-state index contributed by atoms with van der Waals surface area (Å²) in [6.07, 6.45) is 2.86. The molecule has 1 rings (SSSR count). The second-order valence-corrected chi connectivity index (χ2v) is 2.58. The van der Waals surface area contributed by atoms with Crippen LogP contribution in [0.3, 0.4) is 0 Å². The van der Waals surface area contributed by atoms with Crippen LogP contribution in [0.5, 0.6) is 5.88 Å². The number of rotatable bonds is 4. The highest BCUT2D eigenvalue weighted by Gasteiger charge is 2.07. The summed E-state index contributed by atoms with van der Waals surface area (Å²) < 4.78 is 7.38. The van der Waals surface area contributed by atoms with Crippen LogP contribution in [0.25, 0.3) is 0 Å². The van der Waals surface area contributed by atoms with E-state index >= 15 is 0 Å². The lowest BCUT2D eigenvalue weighted by Gasteiger charge is -2.06. The topological polar surface area (TPSA) is 27.1 Å². The third-order valence-corrected chi connectivity index (χ3v) is 1.82. The van der Waals surface area contributed by atoms with Crippen LogP contribution in [0, 0.1) is 0 Å². The number of hydrogen-bond donors (Lipinski definition) is 0. The Bertz CT molecular complexity index is 221. The molecule has 0 unspecified atom stereocenters. The van der Waals surface area contributed by atoms with Crippen molar-refractivity contribution in [2.75, 3.05) is 6.61 Å². The van der Waals surface area contributed by atoms with Gasteiger partial charge in [0.15, 0.2) is 0 Å². The molecule has 1 aromatic rings. The lowest BCUT2D eigenvalue weighted by Crippen LogP contribution is -2.03. The zero-order chi connectivity index (χ0) is 8.97. The molecule has 0 saturated carbocycles. The lowest BCUT2D eigenvalue weighted by molar-refractivity contribution is 0.300. The zero-order valence-corrected chi connectivity index (χ0v) is 8.00. The third-order valence-electron chi connectivity index (χ3n) is 1.82. The largest absolute Gasteiger partial charge is 0.478 e. The summed E-state index contributed by atoms with van der Waals surface area (Å²) in [5, 5.41) is 4.22. The van der Waals surface area contributed by atoms with Gasteiger partial charge in [0.05, 0.1) is 12.8 Å². The zero-order valence-electron chi connectivity index (χ0n) is 8.00. The first-order valence-electron chi connectivity index (χ1n) is 4.50. The van der Waals surface area contributed by atoms with Crippen molar-refractivity contribution in [2.24, 2.45) is 0 Å². The Kier molecular flexibility index (Phi) is 3.14. The van der Waals surface area contributed by atoms with E-state index in [0.717, 1.165) is 18.8 Å². The minimum absolute atomic E-state index is 0.707. The summed E-state index contributed by atoms with van der Waals surface area (Å²) in [6.45, 7) is 7.74. The van der Waals surface area contributed by atoms with E-state index in [1.54, 1.807) is 0 Å². The molecule has 0 amide bonds. The molecule has 0 saturated heterocycles. The van der Waals surface area contributed by atoms with Crippen molar-refractivity contribution in [1.29, 1.82) is 0 Å². The number of hydrogen-bond acceptors (Lipinski definition) is 2. The second-order valence-electron chi connectivity index (χ2n) is 2.58. The summed E-state index contributed by atoms with van der Waals surface area (Å²) in [4.78, 5) is 0. The standard InChI is InChI=1S/C9H16N2O/c1-4-8-7-10-11(5-2)9(8)12-6-3/h7H,4-6H2,1-3H3. The monoisotopic (exact) mass is 168 g/mol. The Morgan fingerprint density at radius 3 is 2.67 bits per heavy atom. The molecule has 0 radical (unpaired) electrons. The first kappa shape index (κ1) is 9.10. The van der Waals surface area contributed by atoms with Crippen LogP contribution in [0.15, 0.2) is 6.20 Å². The van der Waals surface area contributed by atoms with Crippen LogP contribution < -0.4 is 4.74 Å². The number of nitrogens with zero attached hydrogens (tertiary/aromatic N) is 2. The summed E-state index contributed by atoms with van der Waals surface area (Å²) in [6, 6.07) is 0. The fourth-order valence-electron chi connectivity index (χ4n) is 1.18. The van der Waals surface area contributed by atoms with Gasteiger partial charge in [0.25, 0.3) is 0 Å². The molecule has 0 aliphatic rings. The molecule has 68 valence electrons. The third kappa shape index (κ3) is 1.60. The van der Waals surface area contributed by atoms with Gasteiger partial charge < -0.3 is 4.74 Å². The molecular formula is C9H16N2O. The Hall–Kier alpha value is -0.990. The molecule has 0 bridgehead atoms. The summed E-state index contributed by atoms with van der Waals surface area (Å²) in [5.74, 6) is 0.933. The summed E-state index contributed by atoms with van der Waals surface area (Å²) in [5.41, 5.74) is 1.19. The minimum atomic E-state index is 0.707. The highest BCUT2D eigenvalue weighted by Crippen LogP contribution is 2.18. The van der Waals surface area contributed by atoms with Gasteiger partial charge in [-0.05, 0) is 20.3 Å². The smallest absolute Gasteiger partial charge is 0.214 e. The maximum atomic E-state index is 5.49. The predicted molar refractivity (Wildman–Crippen MR) is 48.4 cm³/mol. The lowest BCUT2D eigenvalue weighted by atomic mass is 10.3. The fourth-order valence-corrected chi connectivity index (χ4v) is 1.18. The van der Waals surface area contributed by atoms with Crippen LogP contribution in [0.2, 0.25) is 0 Å². The van der Waals surface area contributed by atoms with Crippen LogP contribution in [0.1, 0.15) is 26.3 Å². The SMILES string of the molecule is CCOc1c(CC)cnn1CC. The second kappa shape index (κ2) is 4.14. The van der Waals surface area contributed by atoms with Gasteiger partial charge in [-0.25, -0.2) is 4.68 Å². The summed E-state index contributed by atoms with van der Waals surface area (Å²) >= 11 is 0. The molecular weight excluding hydrogens is 152 g/mol. The number of ether oxygens (including phenoxy) is 1. The van der Waals surface area contributed by atoms with Gasteiger partial charge in [0.2, 0.25) is 5.88 Å². The average molecular weight is 168 g/mol. The average Bonchev–Trinajstić information content (AvgIpc) is 2.48. The quantitative estimate of drug-likeness (QED) is 0.686. The van der Waals surface area contributed by atoms with Gasteiger partial charge >= 0.3 is 0 Å². The van der Waals surface area contributed by atoms with E-state index in [1.807, 2.05) is 17.8 Å². The van der Waals surface area contributed by atoms with Gasteiger partial charge in [-0.1, -0.05) is 6.92 Å². The maximum absolute atomic E-state index is 5.49. The molecule has 3 heteroatoms. The van der Waals surface area contributed by atoms with Crippen molar-refractivity contribution in [3.05, 3.63) is 11.8 Å². The molecule has 0 spiro atoms. The molecule has 0 aromatic carbocycles. The molecule has 0 N–H and O–H groups in total. The molecule has 12 heavy (non-hydrogen) atoms. The predicted octanol–water partition coefficient (Wildman–Crippen LogP) is 1.86. The van der Waals surface area contributed by atoms with Gasteiger partial charge in [0, 0.05) is 12.1 Å². The number of aromatic nitrogens is 2. The van der Waals surface area contributed by atoms with Gasteiger partial charge in [-0.3, -0.25) is 0 Å². The van der Waals surface area contributed by atoms with E-state index in [0.29, 0.717) is 6.61 Å². The van der Waals surface area contributed by atoms with Crippen LogP contribution in [-0.2, 0) is 13.0 Å². The van der Waals surface area contributed by atoms with Crippen molar-refractivity contribution >= 4 is 0 Å². The Labute approximate surface area is 73.3 Å². The maximum Gasteiger partial charge on any atom is 0.214 e.